The van der Waals surface area contributed by atoms with Gasteiger partial charge >= 0.3 is 0 Å². The Labute approximate surface area is 121 Å². The van der Waals surface area contributed by atoms with E-state index < -0.39 is 0 Å². The van der Waals surface area contributed by atoms with Crippen molar-refractivity contribution in [1.82, 2.24) is 10.3 Å². The van der Waals surface area contributed by atoms with Crippen LogP contribution in [0.15, 0.2) is 18.3 Å². The highest BCUT2D eigenvalue weighted by atomic mass is 16.2. The Morgan fingerprint density at radius 3 is 2.70 bits per heavy atom. The summed E-state index contributed by atoms with van der Waals surface area (Å²) in [5.41, 5.74) is 7.56. The van der Waals surface area contributed by atoms with E-state index in [0.29, 0.717) is 19.0 Å². The second-order valence-electron chi connectivity index (χ2n) is 6.16. The zero-order valence-electron chi connectivity index (χ0n) is 12.5. The van der Waals surface area contributed by atoms with Crippen molar-refractivity contribution in [2.24, 2.45) is 17.1 Å². The Morgan fingerprint density at radius 1 is 1.45 bits per heavy atom. The number of rotatable bonds is 4. The van der Waals surface area contributed by atoms with E-state index in [2.05, 4.69) is 17.2 Å². The van der Waals surface area contributed by atoms with E-state index >= 15 is 0 Å². The van der Waals surface area contributed by atoms with Gasteiger partial charge in [-0.15, -0.1) is 0 Å². The predicted molar refractivity (Wildman–Crippen MR) is 79.9 cm³/mol. The number of nitrogens with zero attached hydrogens (tertiary/aromatic N) is 1. The zero-order chi connectivity index (χ0) is 14.6. The fourth-order valence-electron chi connectivity index (χ4n) is 2.81. The highest BCUT2D eigenvalue weighted by molar-refractivity contribution is 5.83. The number of nitrogens with one attached hydrogen (secondary N) is 1. The quantitative estimate of drug-likeness (QED) is 0.885. The third kappa shape index (κ3) is 3.37. The molecule has 1 heterocycles. The molecule has 0 atom stereocenters. The van der Waals surface area contributed by atoms with E-state index in [-0.39, 0.29) is 11.3 Å². The number of carbonyl (C=O) groups excluding carboxylic acids is 1. The van der Waals surface area contributed by atoms with Crippen LogP contribution < -0.4 is 11.1 Å². The summed E-state index contributed by atoms with van der Waals surface area (Å²) >= 11 is 0. The molecule has 4 heteroatoms. The molecule has 1 aromatic rings. The summed E-state index contributed by atoms with van der Waals surface area (Å²) in [5, 5.41) is 3.04. The molecular formula is C16H25N3O. The largest absolute Gasteiger partial charge is 0.351 e. The Kier molecular flexibility index (Phi) is 4.76. The molecule has 0 radical (unpaired) electrons. The van der Waals surface area contributed by atoms with E-state index in [1.807, 2.05) is 25.3 Å². The van der Waals surface area contributed by atoms with Crippen LogP contribution in [0.2, 0.25) is 0 Å². The first-order valence-corrected chi connectivity index (χ1v) is 7.46. The summed E-state index contributed by atoms with van der Waals surface area (Å²) in [5.74, 6) is 0.816. The van der Waals surface area contributed by atoms with Crippen molar-refractivity contribution in [2.75, 3.05) is 6.54 Å². The van der Waals surface area contributed by atoms with Gasteiger partial charge in [-0.25, -0.2) is 0 Å². The van der Waals surface area contributed by atoms with Crippen LogP contribution in [0.5, 0.6) is 0 Å². The molecule has 1 amide bonds. The lowest BCUT2D eigenvalue weighted by Crippen LogP contribution is -2.47. The molecule has 1 aliphatic rings. The van der Waals surface area contributed by atoms with Crippen molar-refractivity contribution in [2.45, 2.75) is 46.1 Å². The molecule has 1 fully saturated rings. The number of hydrogen-bond acceptors (Lipinski definition) is 3. The molecule has 110 valence electrons. The summed E-state index contributed by atoms with van der Waals surface area (Å²) in [4.78, 5) is 16.7. The molecule has 0 aromatic carbocycles. The van der Waals surface area contributed by atoms with Gasteiger partial charge in [0, 0.05) is 25.0 Å². The number of pyridine rings is 1. The van der Waals surface area contributed by atoms with E-state index in [4.69, 9.17) is 5.73 Å². The number of hydrogen-bond donors (Lipinski definition) is 2. The average molecular weight is 275 g/mol. The highest BCUT2D eigenvalue weighted by Gasteiger charge is 2.39. The number of carbonyl (C=O) groups is 1. The van der Waals surface area contributed by atoms with E-state index in [9.17, 15) is 4.79 Å². The third-order valence-electron chi connectivity index (χ3n) is 4.53. The van der Waals surface area contributed by atoms with E-state index in [1.54, 1.807) is 0 Å². The van der Waals surface area contributed by atoms with Crippen molar-refractivity contribution < 1.29 is 4.79 Å². The minimum atomic E-state index is -0.357. The maximum atomic E-state index is 12.5. The first kappa shape index (κ1) is 15.0. The molecule has 0 aliphatic heterocycles. The normalized spacial score (nSPS) is 26.2. The van der Waals surface area contributed by atoms with Crippen molar-refractivity contribution >= 4 is 5.91 Å². The molecular weight excluding hydrogens is 250 g/mol. The lowest BCUT2D eigenvalue weighted by atomic mass is 9.70. The van der Waals surface area contributed by atoms with Crippen LogP contribution >= 0.6 is 0 Å². The number of nitrogens with two attached hydrogens (primary N) is 1. The SMILES string of the molecule is Cc1ccc(CNC(=O)C2(CN)CCC(C)CC2)cn1. The molecule has 0 saturated heterocycles. The van der Waals surface area contributed by atoms with E-state index in [1.165, 1.54) is 0 Å². The monoisotopic (exact) mass is 275 g/mol. The minimum Gasteiger partial charge on any atom is -0.351 e. The summed E-state index contributed by atoms with van der Waals surface area (Å²) in [6.07, 6.45) is 5.81. The second-order valence-corrected chi connectivity index (χ2v) is 6.16. The maximum absolute atomic E-state index is 12.5. The second kappa shape index (κ2) is 6.35. The standard InChI is InChI=1S/C16H25N3O/c1-12-5-7-16(11-17,8-6-12)15(20)19-10-14-4-3-13(2)18-9-14/h3-4,9,12H,5-8,10-11,17H2,1-2H3,(H,19,20). The Hall–Kier alpha value is -1.42. The fraction of sp³-hybridized carbons (Fsp3) is 0.625. The Balaban J connectivity index is 1.94. The predicted octanol–water partition coefficient (Wildman–Crippen LogP) is 2.16. The number of aromatic nitrogens is 1. The smallest absolute Gasteiger partial charge is 0.227 e. The van der Waals surface area contributed by atoms with Gasteiger partial charge in [0.05, 0.1) is 5.41 Å². The first-order chi connectivity index (χ1) is 9.55. The van der Waals surface area contributed by atoms with Crippen LogP contribution in [-0.2, 0) is 11.3 Å². The molecule has 20 heavy (non-hydrogen) atoms. The molecule has 0 bridgehead atoms. The molecule has 4 nitrogen and oxygen atoms in total. The van der Waals surface area contributed by atoms with Crippen LogP contribution in [0, 0.1) is 18.3 Å². The molecule has 1 aromatic heterocycles. The highest BCUT2D eigenvalue weighted by Crippen LogP contribution is 2.38. The molecule has 0 unspecified atom stereocenters. The van der Waals surface area contributed by atoms with Gasteiger partial charge in [-0.3, -0.25) is 9.78 Å². The van der Waals surface area contributed by atoms with Gasteiger partial charge in [-0.1, -0.05) is 13.0 Å². The summed E-state index contributed by atoms with van der Waals surface area (Å²) in [6.45, 7) is 5.17. The average Bonchev–Trinajstić information content (AvgIpc) is 2.47. The minimum absolute atomic E-state index is 0.104. The van der Waals surface area contributed by atoms with Crippen LogP contribution in [0.1, 0.15) is 43.9 Å². The van der Waals surface area contributed by atoms with Crippen LogP contribution in [-0.4, -0.2) is 17.4 Å². The zero-order valence-corrected chi connectivity index (χ0v) is 12.5. The molecule has 0 spiro atoms. The van der Waals surface area contributed by atoms with Gasteiger partial charge in [-0.2, -0.15) is 0 Å². The van der Waals surface area contributed by atoms with Crippen LogP contribution in [0.4, 0.5) is 0 Å². The number of amides is 1. The van der Waals surface area contributed by atoms with Crippen molar-refractivity contribution in [3.63, 3.8) is 0 Å². The van der Waals surface area contributed by atoms with Crippen LogP contribution in [0.3, 0.4) is 0 Å². The van der Waals surface area contributed by atoms with Crippen LogP contribution in [0.25, 0.3) is 0 Å². The lowest BCUT2D eigenvalue weighted by Gasteiger charge is -2.37. The van der Waals surface area contributed by atoms with E-state index in [0.717, 1.165) is 36.9 Å². The molecule has 1 saturated carbocycles. The van der Waals surface area contributed by atoms with Gasteiger partial charge in [0.2, 0.25) is 5.91 Å². The van der Waals surface area contributed by atoms with Gasteiger partial charge < -0.3 is 11.1 Å². The number of aryl methyl sites for hydroxylation is 1. The maximum Gasteiger partial charge on any atom is 0.227 e. The topological polar surface area (TPSA) is 68.0 Å². The Morgan fingerprint density at radius 2 is 2.15 bits per heavy atom. The summed E-state index contributed by atoms with van der Waals surface area (Å²) in [7, 11) is 0. The van der Waals surface area contributed by atoms with Gasteiger partial charge in [0.25, 0.3) is 0 Å². The first-order valence-electron chi connectivity index (χ1n) is 7.46. The lowest BCUT2D eigenvalue weighted by molar-refractivity contribution is -0.133. The Bertz CT molecular complexity index is 447. The van der Waals surface area contributed by atoms with Gasteiger partial charge in [-0.05, 0) is 50.2 Å². The molecule has 2 rings (SSSR count). The third-order valence-corrected chi connectivity index (χ3v) is 4.53. The van der Waals surface area contributed by atoms with Gasteiger partial charge in [0.1, 0.15) is 0 Å². The molecule has 1 aliphatic carbocycles. The summed E-state index contributed by atoms with van der Waals surface area (Å²) < 4.78 is 0. The van der Waals surface area contributed by atoms with Crippen molar-refractivity contribution in [3.05, 3.63) is 29.6 Å². The molecule has 3 N–H and O–H groups in total. The van der Waals surface area contributed by atoms with Crippen molar-refractivity contribution in [3.8, 4) is 0 Å². The van der Waals surface area contributed by atoms with Crippen molar-refractivity contribution in [1.29, 1.82) is 0 Å². The fourth-order valence-corrected chi connectivity index (χ4v) is 2.81. The summed E-state index contributed by atoms with van der Waals surface area (Å²) in [6, 6.07) is 3.96. The van der Waals surface area contributed by atoms with Gasteiger partial charge in [0.15, 0.2) is 0 Å².